The predicted molar refractivity (Wildman–Crippen MR) is 81.3 cm³/mol. The van der Waals surface area contributed by atoms with E-state index in [1.54, 1.807) is 35.6 Å². The summed E-state index contributed by atoms with van der Waals surface area (Å²) in [4.78, 5) is 15.5. The highest BCUT2D eigenvalue weighted by atomic mass is 35.5. The first-order chi connectivity index (χ1) is 9.15. The SMILES string of the molecule is CN(CCc1cccs1)CC(=O)c1cccc(Cl)c1. The van der Waals surface area contributed by atoms with Gasteiger partial charge in [-0.1, -0.05) is 29.8 Å². The number of likely N-dealkylation sites (N-methyl/N-ethyl adjacent to an activating group) is 1. The van der Waals surface area contributed by atoms with E-state index in [0.717, 1.165) is 13.0 Å². The molecule has 2 aromatic rings. The Labute approximate surface area is 122 Å². The van der Waals surface area contributed by atoms with Crippen LogP contribution < -0.4 is 0 Å². The van der Waals surface area contributed by atoms with Crippen LogP contribution in [0.4, 0.5) is 0 Å². The minimum absolute atomic E-state index is 0.108. The van der Waals surface area contributed by atoms with Crippen molar-refractivity contribution in [1.29, 1.82) is 0 Å². The van der Waals surface area contributed by atoms with E-state index in [9.17, 15) is 4.79 Å². The number of Topliss-reactive ketones (excluding diaryl/α,β-unsaturated/α-hetero) is 1. The number of rotatable bonds is 6. The minimum Gasteiger partial charge on any atom is -0.299 e. The quantitative estimate of drug-likeness (QED) is 0.756. The van der Waals surface area contributed by atoms with Gasteiger partial charge < -0.3 is 0 Å². The van der Waals surface area contributed by atoms with Gasteiger partial charge in [0.1, 0.15) is 0 Å². The topological polar surface area (TPSA) is 20.3 Å². The number of nitrogens with zero attached hydrogens (tertiary/aromatic N) is 1. The predicted octanol–water partition coefficient (Wildman–Crippen LogP) is 3.76. The van der Waals surface area contributed by atoms with Gasteiger partial charge in [0.05, 0.1) is 6.54 Å². The summed E-state index contributed by atoms with van der Waals surface area (Å²) in [6.07, 6.45) is 0.983. The van der Waals surface area contributed by atoms with Crippen LogP contribution in [0.15, 0.2) is 41.8 Å². The molecular formula is C15H16ClNOS. The van der Waals surface area contributed by atoms with Gasteiger partial charge >= 0.3 is 0 Å². The normalized spacial score (nSPS) is 10.9. The summed E-state index contributed by atoms with van der Waals surface area (Å²) in [5.74, 6) is 0.108. The van der Waals surface area contributed by atoms with Crippen molar-refractivity contribution in [3.8, 4) is 0 Å². The Morgan fingerprint density at radius 3 is 2.84 bits per heavy atom. The Morgan fingerprint density at radius 1 is 1.32 bits per heavy atom. The molecule has 4 heteroatoms. The van der Waals surface area contributed by atoms with Gasteiger partial charge in [-0.25, -0.2) is 0 Å². The van der Waals surface area contributed by atoms with E-state index in [2.05, 4.69) is 17.5 Å². The number of hydrogen-bond acceptors (Lipinski definition) is 3. The van der Waals surface area contributed by atoms with Gasteiger partial charge in [-0.3, -0.25) is 9.69 Å². The molecule has 1 aromatic carbocycles. The number of carbonyl (C=O) groups is 1. The number of halogens is 1. The van der Waals surface area contributed by atoms with Crippen LogP contribution >= 0.6 is 22.9 Å². The fourth-order valence-corrected chi connectivity index (χ4v) is 2.72. The maximum atomic E-state index is 12.1. The molecule has 0 atom stereocenters. The molecule has 0 fully saturated rings. The number of ketones is 1. The van der Waals surface area contributed by atoms with Crippen molar-refractivity contribution in [1.82, 2.24) is 4.90 Å². The molecule has 2 nitrogen and oxygen atoms in total. The highest BCUT2D eigenvalue weighted by molar-refractivity contribution is 7.09. The maximum Gasteiger partial charge on any atom is 0.176 e. The molecule has 0 amide bonds. The lowest BCUT2D eigenvalue weighted by atomic mass is 10.1. The summed E-state index contributed by atoms with van der Waals surface area (Å²) in [6.45, 7) is 1.30. The van der Waals surface area contributed by atoms with Crippen LogP contribution in [-0.4, -0.2) is 30.8 Å². The first kappa shape index (κ1) is 14.3. The van der Waals surface area contributed by atoms with Crippen LogP contribution in [0.25, 0.3) is 0 Å². The Hall–Kier alpha value is -1.16. The highest BCUT2D eigenvalue weighted by Gasteiger charge is 2.09. The third kappa shape index (κ3) is 4.46. The van der Waals surface area contributed by atoms with E-state index in [1.807, 2.05) is 11.9 Å². The third-order valence-electron chi connectivity index (χ3n) is 2.88. The summed E-state index contributed by atoms with van der Waals surface area (Å²) in [5, 5.41) is 2.68. The van der Waals surface area contributed by atoms with Gasteiger partial charge in [0, 0.05) is 22.0 Å². The molecule has 0 aliphatic carbocycles. The smallest absolute Gasteiger partial charge is 0.176 e. The average Bonchev–Trinajstić information content (AvgIpc) is 2.89. The van der Waals surface area contributed by atoms with Crippen molar-refractivity contribution in [2.75, 3.05) is 20.1 Å². The minimum atomic E-state index is 0.108. The molecule has 0 unspecified atom stereocenters. The third-order valence-corrected chi connectivity index (χ3v) is 4.05. The van der Waals surface area contributed by atoms with Gasteiger partial charge in [-0.2, -0.15) is 0 Å². The van der Waals surface area contributed by atoms with E-state index in [1.165, 1.54) is 4.88 Å². The Bertz CT molecular complexity index is 539. The molecule has 1 aromatic heterocycles. The van der Waals surface area contributed by atoms with Crippen molar-refractivity contribution in [3.05, 3.63) is 57.2 Å². The second-order valence-corrected chi connectivity index (χ2v) is 5.97. The largest absolute Gasteiger partial charge is 0.299 e. The second kappa shape index (κ2) is 6.85. The van der Waals surface area contributed by atoms with Crippen LogP contribution in [0.3, 0.4) is 0 Å². The molecule has 0 bridgehead atoms. The molecule has 2 rings (SSSR count). The molecule has 0 aliphatic rings. The fraction of sp³-hybridized carbons (Fsp3) is 0.267. The molecule has 0 saturated carbocycles. The second-order valence-electron chi connectivity index (χ2n) is 4.50. The van der Waals surface area contributed by atoms with E-state index >= 15 is 0 Å². The average molecular weight is 294 g/mol. The van der Waals surface area contributed by atoms with Crippen molar-refractivity contribution in [3.63, 3.8) is 0 Å². The Kier molecular flexibility index (Phi) is 5.14. The molecule has 19 heavy (non-hydrogen) atoms. The maximum absolute atomic E-state index is 12.1. The first-order valence-corrected chi connectivity index (χ1v) is 7.40. The summed E-state index contributed by atoms with van der Waals surface area (Å²) in [5.41, 5.74) is 0.676. The standard InChI is InChI=1S/C15H16ClNOS/c1-17(8-7-14-6-3-9-19-14)11-15(18)12-4-2-5-13(16)10-12/h2-6,9-10H,7-8,11H2,1H3. The zero-order valence-electron chi connectivity index (χ0n) is 10.8. The Balaban J connectivity index is 1.84. The van der Waals surface area contributed by atoms with Crippen LogP contribution in [0, 0.1) is 0 Å². The van der Waals surface area contributed by atoms with Gasteiger partial charge in [-0.15, -0.1) is 11.3 Å². The van der Waals surface area contributed by atoms with E-state index in [-0.39, 0.29) is 5.78 Å². The lowest BCUT2D eigenvalue weighted by Gasteiger charge is -2.15. The monoisotopic (exact) mass is 293 g/mol. The summed E-state index contributed by atoms with van der Waals surface area (Å²) >= 11 is 7.64. The molecule has 1 heterocycles. The van der Waals surface area contributed by atoms with Crippen LogP contribution in [-0.2, 0) is 6.42 Å². The molecule has 0 radical (unpaired) electrons. The van der Waals surface area contributed by atoms with Crippen molar-refractivity contribution < 1.29 is 4.79 Å². The van der Waals surface area contributed by atoms with Gasteiger partial charge in [0.2, 0.25) is 0 Å². The van der Waals surface area contributed by atoms with E-state index in [0.29, 0.717) is 17.1 Å². The van der Waals surface area contributed by atoms with Crippen LogP contribution in [0.5, 0.6) is 0 Å². The lowest BCUT2D eigenvalue weighted by Crippen LogP contribution is -2.27. The number of carbonyl (C=O) groups excluding carboxylic acids is 1. The van der Waals surface area contributed by atoms with Crippen LogP contribution in [0.2, 0.25) is 5.02 Å². The molecule has 0 spiro atoms. The molecule has 0 saturated heterocycles. The van der Waals surface area contributed by atoms with E-state index in [4.69, 9.17) is 11.6 Å². The number of benzene rings is 1. The van der Waals surface area contributed by atoms with Gasteiger partial charge in [0.25, 0.3) is 0 Å². The molecule has 100 valence electrons. The summed E-state index contributed by atoms with van der Waals surface area (Å²) in [6, 6.07) is 11.3. The summed E-state index contributed by atoms with van der Waals surface area (Å²) in [7, 11) is 1.97. The van der Waals surface area contributed by atoms with Crippen LogP contribution in [0.1, 0.15) is 15.2 Å². The molecule has 0 aliphatic heterocycles. The zero-order chi connectivity index (χ0) is 13.7. The molecule has 0 N–H and O–H groups in total. The highest BCUT2D eigenvalue weighted by Crippen LogP contribution is 2.12. The molecular weight excluding hydrogens is 278 g/mol. The van der Waals surface area contributed by atoms with Crippen molar-refractivity contribution in [2.24, 2.45) is 0 Å². The van der Waals surface area contributed by atoms with E-state index < -0.39 is 0 Å². The van der Waals surface area contributed by atoms with Gasteiger partial charge in [-0.05, 0) is 37.0 Å². The van der Waals surface area contributed by atoms with Crippen molar-refractivity contribution >= 4 is 28.7 Å². The number of hydrogen-bond donors (Lipinski definition) is 0. The zero-order valence-corrected chi connectivity index (χ0v) is 12.4. The van der Waals surface area contributed by atoms with Gasteiger partial charge in [0.15, 0.2) is 5.78 Å². The number of thiophene rings is 1. The first-order valence-electron chi connectivity index (χ1n) is 6.15. The summed E-state index contributed by atoms with van der Waals surface area (Å²) < 4.78 is 0. The lowest BCUT2D eigenvalue weighted by molar-refractivity contribution is 0.0947. The fourth-order valence-electron chi connectivity index (χ4n) is 1.83. The van der Waals surface area contributed by atoms with Crippen molar-refractivity contribution in [2.45, 2.75) is 6.42 Å². The Morgan fingerprint density at radius 2 is 2.16 bits per heavy atom.